The molecule has 1 aromatic heterocycles. The fourth-order valence-electron chi connectivity index (χ4n) is 1.80. The highest BCUT2D eigenvalue weighted by Gasteiger charge is 2.07. The van der Waals surface area contributed by atoms with Gasteiger partial charge in [0.15, 0.2) is 0 Å². The maximum absolute atomic E-state index is 5.56. The summed E-state index contributed by atoms with van der Waals surface area (Å²) >= 11 is 0. The molecule has 0 spiro atoms. The second-order valence-corrected chi connectivity index (χ2v) is 3.91. The lowest BCUT2D eigenvalue weighted by Crippen LogP contribution is -1.97. The van der Waals surface area contributed by atoms with Crippen molar-refractivity contribution in [1.29, 1.82) is 0 Å². The van der Waals surface area contributed by atoms with Gasteiger partial charge in [0.25, 0.3) is 0 Å². The number of hydrogen-bond acceptors (Lipinski definition) is 2. The number of aryl methyl sites for hydroxylation is 2. The topological polar surface area (TPSA) is 54.7 Å². The summed E-state index contributed by atoms with van der Waals surface area (Å²) < 4.78 is 0. The Labute approximate surface area is 95.7 Å². The van der Waals surface area contributed by atoms with Crippen LogP contribution >= 0.6 is 0 Å². The van der Waals surface area contributed by atoms with Crippen molar-refractivity contribution in [1.82, 2.24) is 9.97 Å². The molecule has 0 atom stereocenters. The number of hydrogen-bond donors (Lipinski definition) is 2. The molecule has 0 unspecified atom stereocenters. The molecule has 0 saturated heterocycles. The van der Waals surface area contributed by atoms with Crippen molar-refractivity contribution in [2.24, 2.45) is 5.73 Å². The molecule has 0 bridgehead atoms. The minimum absolute atomic E-state index is 0.452. The molecule has 1 aromatic carbocycles. The molecule has 84 valence electrons. The van der Waals surface area contributed by atoms with Crippen molar-refractivity contribution in [2.75, 3.05) is 0 Å². The van der Waals surface area contributed by atoms with Crippen LogP contribution < -0.4 is 5.73 Å². The van der Waals surface area contributed by atoms with E-state index in [-0.39, 0.29) is 0 Å². The first-order valence-electron chi connectivity index (χ1n) is 5.59. The van der Waals surface area contributed by atoms with Crippen molar-refractivity contribution in [3.8, 4) is 11.3 Å². The van der Waals surface area contributed by atoms with Gasteiger partial charge in [0.05, 0.1) is 12.2 Å². The van der Waals surface area contributed by atoms with Crippen LogP contribution in [0.25, 0.3) is 11.3 Å². The largest absolute Gasteiger partial charge is 0.344 e. The Morgan fingerprint density at radius 3 is 2.44 bits per heavy atom. The molecule has 0 fully saturated rings. The van der Waals surface area contributed by atoms with Gasteiger partial charge in [-0.2, -0.15) is 0 Å². The fraction of sp³-hybridized carbons (Fsp3) is 0.308. The van der Waals surface area contributed by atoms with E-state index in [1.54, 1.807) is 0 Å². The number of nitrogens with one attached hydrogen (secondary N) is 1. The normalized spacial score (nSPS) is 10.7. The lowest BCUT2D eigenvalue weighted by Gasteiger charge is -2.00. The third-order valence-electron chi connectivity index (χ3n) is 2.76. The van der Waals surface area contributed by atoms with E-state index >= 15 is 0 Å². The molecule has 3 nitrogen and oxygen atoms in total. The maximum atomic E-state index is 5.56. The van der Waals surface area contributed by atoms with E-state index in [1.807, 2.05) is 6.92 Å². The molecule has 2 aromatic rings. The fourth-order valence-corrected chi connectivity index (χ4v) is 1.80. The molecule has 0 saturated carbocycles. The van der Waals surface area contributed by atoms with Gasteiger partial charge in [-0.15, -0.1) is 0 Å². The minimum atomic E-state index is 0.452. The maximum Gasteiger partial charge on any atom is 0.120 e. The summed E-state index contributed by atoms with van der Waals surface area (Å²) in [5, 5.41) is 0. The van der Waals surface area contributed by atoms with Gasteiger partial charge in [0, 0.05) is 11.3 Å². The highest BCUT2D eigenvalue weighted by atomic mass is 15.0. The molecule has 16 heavy (non-hydrogen) atoms. The van der Waals surface area contributed by atoms with Crippen molar-refractivity contribution >= 4 is 0 Å². The van der Waals surface area contributed by atoms with E-state index in [9.17, 15) is 0 Å². The summed E-state index contributed by atoms with van der Waals surface area (Å²) in [6, 6.07) is 8.52. The molecule has 0 amide bonds. The zero-order valence-electron chi connectivity index (χ0n) is 9.75. The molecule has 1 heterocycles. The van der Waals surface area contributed by atoms with Crippen LogP contribution in [0, 0.1) is 6.92 Å². The van der Waals surface area contributed by atoms with Crippen LogP contribution in [0.4, 0.5) is 0 Å². The minimum Gasteiger partial charge on any atom is -0.344 e. The average Bonchev–Trinajstić information content (AvgIpc) is 2.71. The summed E-state index contributed by atoms with van der Waals surface area (Å²) in [6.07, 6.45) is 1.06. The molecule has 2 rings (SSSR count). The van der Waals surface area contributed by atoms with Crippen molar-refractivity contribution < 1.29 is 0 Å². The van der Waals surface area contributed by atoms with Gasteiger partial charge in [-0.3, -0.25) is 0 Å². The highest BCUT2D eigenvalue weighted by Crippen LogP contribution is 2.21. The number of aromatic nitrogens is 2. The lowest BCUT2D eigenvalue weighted by molar-refractivity contribution is 0.944. The van der Waals surface area contributed by atoms with E-state index in [2.05, 4.69) is 41.2 Å². The summed E-state index contributed by atoms with van der Waals surface area (Å²) in [5.41, 5.74) is 10.1. The smallest absolute Gasteiger partial charge is 0.120 e. The number of rotatable bonds is 3. The van der Waals surface area contributed by atoms with E-state index in [4.69, 9.17) is 5.73 Å². The quantitative estimate of drug-likeness (QED) is 0.826. The SMILES string of the molecule is CCc1ccc(-c2nc(CN)[nH]c2C)cc1. The zero-order valence-corrected chi connectivity index (χ0v) is 9.75. The lowest BCUT2D eigenvalue weighted by atomic mass is 10.1. The molecule has 0 aliphatic carbocycles. The summed E-state index contributed by atoms with van der Waals surface area (Å²) in [4.78, 5) is 7.66. The summed E-state index contributed by atoms with van der Waals surface area (Å²) in [5.74, 6) is 0.840. The molecule has 0 radical (unpaired) electrons. The van der Waals surface area contributed by atoms with Gasteiger partial charge in [-0.1, -0.05) is 31.2 Å². The first kappa shape index (κ1) is 10.9. The van der Waals surface area contributed by atoms with Crippen LogP contribution in [-0.2, 0) is 13.0 Å². The van der Waals surface area contributed by atoms with Crippen molar-refractivity contribution in [3.05, 3.63) is 41.3 Å². The van der Waals surface area contributed by atoms with Crippen LogP contribution in [0.3, 0.4) is 0 Å². The highest BCUT2D eigenvalue weighted by molar-refractivity contribution is 5.62. The van der Waals surface area contributed by atoms with Crippen LogP contribution in [0.15, 0.2) is 24.3 Å². The molecule has 3 N–H and O–H groups in total. The molecule has 3 heteroatoms. The predicted molar refractivity (Wildman–Crippen MR) is 66.0 cm³/mol. The van der Waals surface area contributed by atoms with Gasteiger partial charge in [0.1, 0.15) is 5.82 Å². The van der Waals surface area contributed by atoms with E-state index in [0.29, 0.717) is 6.54 Å². The van der Waals surface area contributed by atoms with Crippen molar-refractivity contribution in [3.63, 3.8) is 0 Å². The van der Waals surface area contributed by atoms with Crippen LogP contribution in [0.2, 0.25) is 0 Å². The number of imidazole rings is 1. The second-order valence-electron chi connectivity index (χ2n) is 3.91. The second kappa shape index (κ2) is 4.49. The molecular weight excluding hydrogens is 198 g/mol. The van der Waals surface area contributed by atoms with Gasteiger partial charge in [-0.05, 0) is 18.9 Å². The Kier molecular flexibility index (Phi) is 3.06. The Morgan fingerprint density at radius 1 is 1.25 bits per heavy atom. The molecular formula is C13H17N3. The van der Waals surface area contributed by atoms with Gasteiger partial charge in [0.2, 0.25) is 0 Å². The molecule has 0 aliphatic heterocycles. The monoisotopic (exact) mass is 215 g/mol. The van der Waals surface area contributed by atoms with Crippen LogP contribution in [-0.4, -0.2) is 9.97 Å². The van der Waals surface area contributed by atoms with E-state index < -0.39 is 0 Å². The first-order valence-corrected chi connectivity index (χ1v) is 5.59. The van der Waals surface area contributed by atoms with Crippen LogP contribution in [0.1, 0.15) is 24.0 Å². The average molecular weight is 215 g/mol. The van der Waals surface area contributed by atoms with E-state index in [1.165, 1.54) is 5.56 Å². The number of nitrogens with two attached hydrogens (primary N) is 1. The summed E-state index contributed by atoms with van der Waals surface area (Å²) in [7, 11) is 0. The Hall–Kier alpha value is -1.61. The van der Waals surface area contributed by atoms with Crippen molar-refractivity contribution in [2.45, 2.75) is 26.8 Å². The number of aromatic amines is 1. The third kappa shape index (κ3) is 1.99. The molecule has 0 aliphatic rings. The third-order valence-corrected chi connectivity index (χ3v) is 2.76. The standard InChI is InChI=1S/C13H17N3/c1-3-10-4-6-11(7-5-10)13-9(2)15-12(8-14)16-13/h4-7H,3,8,14H2,1-2H3,(H,15,16). The van der Waals surface area contributed by atoms with E-state index in [0.717, 1.165) is 29.2 Å². The number of benzene rings is 1. The Bertz CT molecular complexity index is 468. The first-order chi connectivity index (χ1) is 7.74. The zero-order chi connectivity index (χ0) is 11.5. The Morgan fingerprint density at radius 2 is 1.94 bits per heavy atom. The number of nitrogens with zero attached hydrogens (tertiary/aromatic N) is 1. The predicted octanol–water partition coefficient (Wildman–Crippen LogP) is 2.41. The van der Waals surface area contributed by atoms with Gasteiger partial charge in [-0.25, -0.2) is 4.98 Å². The Balaban J connectivity index is 2.38. The van der Waals surface area contributed by atoms with Gasteiger partial charge >= 0.3 is 0 Å². The van der Waals surface area contributed by atoms with Crippen LogP contribution in [0.5, 0.6) is 0 Å². The van der Waals surface area contributed by atoms with Gasteiger partial charge < -0.3 is 10.7 Å². The summed E-state index contributed by atoms with van der Waals surface area (Å²) in [6.45, 7) is 4.63. The number of H-pyrrole nitrogens is 1.